The van der Waals surface area contributed by atoms with Crippen LogP contribution >= 0.6 is 0 Å². The molecular weight excluding hydrogens is 350 g/mol. The second-order valence-electron chi connectivity index (χ2n) is 6.90. The van der Waals surface area contributed by atoms with Crippen LogP contribution in [0, 0.1) is 0 Å². The van der Waals surface area contributed by atoms with E-state index in [1.807, 2.05) is 37.3 Å². The van der Waals surface area contributed by atoms with E-state index in [2.05, 4.69) is 51.5 Å². The lowest BCUT2D eigenvalue weighted by Crippen LogP contribution is -2.48. The molecule has 5 nitrogen and oxygen atoms in total. The van der Waals surface area contributed by atoms with Crippen molar-refractivity contribution in [2.45, 2.75) is 6.92 Å². The van der Waals surface area contributed by atoms with Gasteiger partial charge in [0, 0.05) is 38.4 Å². The maximum atomic E-state index is 12.3. The number of ether oxygens (including phenoxy) is 1. The molecule has 1 N–H and O–H groups in total. The summed E-state index contributed by atoms with van der Waals surface area (Å²) in [5.41, 5.74) is 2.03. The molecule has 5 heteroatoms. The van der Waals surface area contributed by atoms with Gasteiger partial charge in [-0.15, -0.1) is 0 Å². The van der Waals surface area contributed by atoms with Crippen LogP contribution in [0.3, 0.4) is 0 Å². The van der Waals surface area contributed by atoms with E-state index in [4.69, 9.17) is 4.74 Å². The Balaban J connectivity index is 1.36. The summed E-state index contributed by atoms with van der Waals surface area (Å²) < 4.78 is 5.42. The first kappa shape index (κ1) is 20.1. The highest BCUT2D eigenvalue weighted by molar-refractivity contribution is 5.92. The van der Waals surface area contributed by atoms with Crippen molar-refractivity contribution in [1.29, 1.82) is 0 Å². The monoisotopic (exact) mass is 379 g/mol. The fraction of sp³-hybridized carbons (Fsp3) is 0.348. The van der Waals surface area contributed by atoms with Crippen molar-refractivity contribution in [2.75, 3.05) is 51.2 Å². The molecule has 0 aliphatic carbocycles. The van der Waals surface area contributed by atoms with E-state index in [9.17, 15) is 4.79 Å². The van der Waals surface area contributed by atoms with Crippen LogP contribution in [0.25, 0.3) is 6.08 Å². The molecule has 0 spiro atoms. The SMILES string of the molecule is CCOc1ccc(NC(=O)CN2CCN(C/C=C/c3ccccc3)CC2)cc1. The average Bonchev–Trinajstić information content (AvgIpc) is 2.72. The number of carbonyl (C=O) groups excluding carboxylic acids is 1. The summed E-state index contributed by atoms with van der Waals surface area (Å²) in [6, 6.07) is 17.9. The number of nitrogens with zero attached hydrogens (tertiary/aromatic N) is 2. The van der Waals surface area contributed by atoms with Gasteiger partial charge in [0.2, 0.25) is 5.91 Å². The van der Waals surface area contributed by atoms with Crippen molar-refractivity contribution < 1.29 is 9.53 Å². The van der Waals surface area contributed by atoms with Gasteiger partial charge in [0.25, 0.3) is 0 Å². The fourth-order valence-corrected chi connectivity index (χ4v) is 3.24. The molecule has 0 aromatic heterocycles. The van der Waals surface area contributed by atoms with E-state index < -0.39 is 0 Å². The third-order valence-corrected chi connectivity index (χ3v) is 4.75. The number of rotatable bonds is 8. The number of benzene rings is 2. The second-order valence-corrected chi connectivity index (χ2v) is 6.90. The highest BCUT2D eigenvalue weighted by Gasteiger charge is 2.18. The molecule has 0 bridgehead atoms. The smallest absolute Gasteiger partial charge is 0.238 e. The summed E-state index contributed by atoms with van der Waals surface area (Å²) in [4.78, 5) is 16.9. The molecule has 1 saturated heterocycles. The molecular formula is C23H29N3O2. The number of anilines is 1. The number of hydrogen-bond donors (Lipinski definition) is 1. The van der Waals surface area contributed by atoms with E-state index in [0.29, 0.717) is 13.2 Å². The van der Waals surface area contributed by atoms with Gasteiger partial charge in [-0.25, -0.2) is 0 Å². The molecule has 1 aliphatic rings. The first-order valence-electron chi connectivity index (χ1n) is 9.92. The minimum Gasteiger partial charge on any atom is -0.494 e. The van der Waals surface area contributed by atoms with Gasteiger partial charge in [-0.3, -0.25) is 14.6 Å². The molecule has 1 fully saturated rings. The van der Waals surface area contributed by atoms with E-state index in [0.717, 1.165) is 44.2 Å². The third-order valence-electron chi connectivity index (χ3n) is 4.75. The number of hydrogen-bond acceptors (Lipinski definition) is 4. The largest absolute Gasteiger partial charge is 0.494 e. The van der Waals surface area contributed by atoms with Crippen molar-refractivity contribution in [1.82, 2.24) is 9.80 Å². The lowest BCUT2D eigenvalue weighted by Gasteiger charge is -2.33. The second kappa shape index (κ2) is 10.6. The van der Waals surface area contributed by atoms with Crippen LogP contribution < -0.4 is 10.1 Å². The van der Waals surface area contributed by atoms with Gasteiger partial charge in [-0.2, -0.15) is 0 Å². The molecule has 28 heavy (non-hydrogen) atoms. The van der Waals surface area contributed by atoms with Crippen molar-refractivity contribution in [3.8, 4) is 5.75 Å². The summed E-state index contributed by atoms with van der Waals surface area (Å²) in [5.74, 6) is 0.847. The van der Waals surface area contributed by atoms with E-state index >= 15 is 0 Å². The quantitative estimate of drug-likeness (QED) is 0.764. The molecule has 148 valence electrons. The maximum absolute atomic E-state index is 12.3. The Kier molecular flexibility index (Phi) is 7.64. The van der Waals surface area contributed by atoms with Gasteiger partial charge in [0.1, 0.15) is 5.75 Å². The molecule has 1 amide bonds. The first-order valence-corrected chi connectivity index (χ1v) is 9.92. The summed E-state index contributed by atoms with van der Waals surface area (Å²) in [5, 5.41) is 2.96. The van der Waals surface area contributed by atoms with Crippen LogP contribution in [-0.4, -0.2) is 61.6 Å². The van der Waals surface area contributed by atoms with Crippen LogP contribution in [0.4, 0.5) is 5.69 Å². The zero-order valence-electron chi connectivity index (χ0n) is 16.5. The molecule has 0 atom stereocenters. The molecule has 0 unspecified atom stereocenters. The summed E-state index contributed by atoms with van der Waals surface area (Å²) in [7, 11) is 0. The van der Waals surface area contributed by atoms with Crippen LogP contribution in [-0.2, 0) is 4.79 Å². The lowest BCUT2D eigenvalue weighted by atomic mass is 10.2. The highest BCUT2D eigenvalue weighted by atomic mass is 16.5. The Bertz CT molecular complexity index is 751. The van der Waals surface area contributed by atoms with E-state index in [1.54, 1.807) is 0 Å². The summed E-state index contributed by atoms with van der Waals surface area (Å²) >= 11 is 0. The minimum absolute atomic E-state index is 0.0292. The minimum atomic E-state index is 0.0292. The van der Waals surface area contributed by atoms with E-state index in [1.165, 1.54) is 5.56 Å². The summed E-state index contributed by atoms with van der Waals surface area (Å²) in [6.45, 7) is 7.76. The summed E-state index contributed by atoms with van der Waals surface area (Å²) in [6.07, 6.45) is 4.38. The Morgan fingerprint density at radius 1 is 1.00 bits per heavy atom. The molecule has 3 rings (SSSR count). The van der Waals surface area contributed by atoms with Crippen molar-refractivity contribution in [3.05, 3.63) is 66.2 Å². The van der Waals surface area contributed by atoms with Gasteiger partial charge in [0.15, 0.2) is 0 Å². The molecule has 1 aliphatic heterocycles. The Morgan fingerprint density at radius 2 is 1.68 bits per heavy atom. The van der Waals surface area contributed by atoms with Gasteiger partial charge >= 0.3 is 0 Å². The molecule has 0 radical (unpaired) electrons. The Labute approximate surface area is 167 Å². The van der Waals surface area contributed by atoms with Crippen molar-refractivity contribution >= 4 is 17.7 Å². The predicted octanol–water partition coefficient (Wildman–Crippen LogP) is 3.35. The Hall–Kier alpha value is -2.63. The molecule has 1 heterocycles. The number of carbonyl (C=O) groups is 1. The standard InChI is InChI=1S/C23H29N3O2/c1-2-28-22-12-10-21(11-13-22)24-23(27)19-26-17-15-25(16-18-26)14-6-9-20-7-4-3-5-8-20/h3-13H,2,14-19H2,1H3,(H,24,27)/b9-6+. The van der Waals surface area contributed by atoms with Crippen LogP contribution in [0.5, 0.6) is 5.75 Å². The fourth-order valence-electron chi connectivity index (χ4n) is 3.24. The van der Waals surface area contributed by atoms with Crippen molar-refractivity contribution in [3.63, 3.8) is 0 Å². The number of piperazine rings is 1. The molecule has 2 aromatic rings. The third kappa shape index (κ3) is 6.51. The zero-order valence-corrected chi connectivity index (χ0v) is 16.5. The van der Waals surface area contributed by atoms with Gasteiger partial charge < -0.3 is 10.1 Å². The van der Waals surface area contributed by atoms with E-state index in [-0.39, 0.29) is 5.91 Å². The molecule has 2 aromatic carbocycles. The van der Waals surface area contributed by atoms with Crippen LogP contribution in [0.1, 0.15) is 12.5 Å². The van der Waals surface area contributed by atoms with Gasteiger partial charge in [-0.05, 0) is 36.8 Å². The number of amides is 1. The Morgan fingerprint density at radius 3 is 2.36 bits per heavy atom. The van der Waals surface area contributed by atoms with Gasteiger partial charge in [0.05, 0.1) is 13.2 Å². The topological polar surface area (TPSA) is 44.8 Å². The molecule has 0 saturated carbocycles. The van der Waals surface area contributed by atoms with Crippen molar-refractivity contribution in [2.24, 2.45) is 0 Å². The number of nitrogens with one attached hydrogen (secondary N) is 1. The van der Waals surface area contributed by atoms with Gasteiger partial charge in [-0.1, -0.05) is 42.5 Å². The van der Waals surface area contributed by atoms with Crippen LogP contribution in [0.15, 0.2) is 60.7 Å². The van der Waals surface area contributed by atoms with Crippen LogP contribution in [0.2, 0.25) is 0 Å². The normalized spacial score (nSPS) is 15.6. The predicted molar refractivity (Wildman–Crippen MR) is 115 cm³/mol. The highest BCUT2D eigenvalue weighted by Crippen LogP contribution is 2.15. The maximum Gasteiger partial charge on any atom is 0.238 e. The average molecular weight is 380 g/mol. The lowest BCUT2D eigenvalue weighted by molar-refractivity contribution is -0.117. The zero-order chi connectivity index (χ0) is 19.6. The first-order chi connectivity index (χ1) is 13.7.